The number of rotatable bonds is 6. The summed E-state index contributed by atoms with van der Waals surface area (Å²) in [6.07, 6.45) is -0.116. The molecule has 0 spiro atoms. The maximum absolute atomic E-state index is 12.2. The Bertz CT molecular complexity index is 988. The first-order chi connectivity index (χ1) is 13.6. The summed E-state index contributed by atoms with van der Waals surface area (Å²) < 4.78 is 27.5. The number of nitriles is 1. The van der Waals surface area contributed by atoms with E-state index in [-0.39, 0.29) is 13.0 Å². The first-order valence-corrected chi connectivity index (χ1v) is 10.6. The Labute approximate surface area is 169 Å². The van der Waals surface area contributed by atoms with Gasteiger partial charge in [0.25, 0.3) is 5.91 Å². The van der Waals surface area contributed by atoms with Gasteiger partial charge in [0.05, 0.1) is 12.6 Å². The van der Waals surface area contributed by atoms with Gasteiger partial charge in [-0.1, -0.05) is 11.8 Å². The fraction of sp³-hybridized carbons (Fsp3) is 0.421. The van der Waals surface area contributed by atoms with Crippen LogP contribution >= 0.6 is 0 Å². The van der Waals surface area contributed by atoms with Crippen molar-refractivity contribution in [2.24, 2.45) is 0 Å². The average Bonchev–Trinajstić information content (AvgIpc) is 3.04. The van der Waals surface area contributed by atoms with Crippen LogP contribution in [0.1, 0.15) is 31.7 Å². The van der Waals surface area contributed by atoms with Gasteiger partial charge in [0, 0.05) is 36.8 Å². The predicted octanol–water partition coefficient (Wildman–Crippen LogP) is 1.37. The number of hydroxylamine groups is 1. The van der Waals surface area contributed by atoms with Gasteiger partial charge in [0.15, 0.2) is 14.6 Å². The van der Waals surface area contributed by atoms with Crippen LogP contribution in [0.4, 0.5) is 10.5 Å². The molecular formula is C19H21N3O6S. The van der Waals surface area contributed by atoms with Crippen LogP contribution < -0.4 is 10.4 Å². The molecule has 2 amide bonds. The highest BCUT2D eigenvalue weighted by Gasteiger charge is 2.48. The van der Waals surface area contributed by atoms with E-state index in [1.165, 1.54) is 17.3 Å². The van der Waals surface area contributed by atoms with Crippen LogP contribution in [0, 0.1) is 23.2 Å². The van der Waals surface area contributed by atoms with Gasteiger partial charge < -0.3 is 4.74 Å². The van der Waals surface area contributed by atoms with Crippen molar-refractivity contribution in [1.82, 2.24) is 5.48 Å². The number of nitrogens with zero attached hydrogens (tertiary/aromatic N) is 2. The van der Waals surface area contributed by atoms with E-state index in [4.69, 9.17) is 15.2 Å². The third kappa shape index (κ3) is 5.05. The molecule has 0 radical (unpaired) electrons. The molecule has 2 atom stereocenters. The van der Waals surface area contributed by atoms with E-state index in [1.54, 1.807) is 24.3 Å². The van der Waals surface area contributed by atoms with Crippen LogP contribution in [0.25, 0.3) is 0 Å². The number of unbranched alkanes of at least 4 members (excludes halogenated alkanes) is 1. The molecule has 0 aromatic heterocycles. The van der Waals surface area contributed by atoms with Gasteiger partial charge in [-0.25, -0.2) is 18.7 Å². The lowest BCUT2D eigenvalue weighted by Crippen LogP contribution is -2.51. The lowest BCUT2D eigenvalue weighted by atomic mass is 10.0. The number of benzene rings is 1. The molecule has 1 aromatic rings. The second-order valence-electron chi connectivity index (χ2n) is 6.77. The van der Waals surface area contributed by atoms with Crippen molar-refractivity contribution < 1.29 is 28.0 Å². The van der Waals surface area contributed by atoms with Gasteiger partial charge in [-0.15, -0.1) is 0 Å². The minimum absolute atomic E-state index is 0.0514. The van der Waals surface area contributed by atoms with Crippen LogP contribution in [0.5, 0.6) is 0 Å². The van der Waals surface area contributed by atoms with Crippen LogP contribution in [0.2, 0.25) is 0 Å². The monoisotopic (exact) mass is 419 g/mol. The molecule has 1 saturated heterocycles. The van der Waals surface area contributed by atoms with Gasteiger partial charge in [-0.2, -0.15) is 5.26 Å². The number of sulfone groups is 1. The standard InChI is InChI=1S/C19H21N3O6S/c1-19(17(23)21-25,29(2,26)27)12-16-13-22(18(24)28-16)15-9-7-14(8-10-15)6-4-3-5-11-20/h7-10,16,25H,3,5,12-13H2,1-2H3,(H,21,23). The number of hydrogen-bond acceptors (Lipinski definition) is 7. The molecule has 1 aliphatic rings. The molecule has 1 aliphatic heterocycles. The smallest absolute Gasteiger partial charge is 0.414 e. The van der Waals surface area contributed by atoms with Gasteiger partial charge in [-0.3, -0.25) is 14.9 Å². The van der Waals surface area contributed by atoms with E-state index in [0.717, 1.165) is 11.8 Å². The summed E-state index contributed by atoms with van der Waals surface area (Å²) in [6.45, 7) is 1.22. The largest absolute Gasteiger partial charge is 0.444 e. The zero-order chi connectivity index (χ0) is 21.7. The summed E-state index contributed by atoms with van der Waals surface area (Å²) in [6, 6.07) is 8.79. The number of cyclic esters (lactones) is 1. The van der Waals surface area contributed by atoms with Crippen molar-refractivity contribution in [3.05, 3.63) is 29.8 Å². The Morgan fingerprint density at radius 1 is 1.38 bits per heavy atom. The normalized spacial score (nSPS) is 18.1. The predicted molar refractivity (Wildman–Crippen MR) is 104 cm³/mol. The van der Waals surface area contributed by atoms with E-state index >= 15 is 0 Å². The summed E-state index contributed by atoms with van der Waals surface area (Å²) >= 11 is 0. The second-order valence-corrected chi connectivity index (χ2v) is 9.22. The van der Waals surface area contributed by atoms with Crippen LogP contribution in [0.15, 0.2) is 24.3 Å². The highest BCUT2D eigenvalue weighted by Crippen LogP contribution is 2.30. The Hall–Kier alpha value is -3.08. The summed E-state index contributed by atoms with van der Waals surface area (Å²) in [7, 11) is -3.90. The molecule has 10 heteroatoms. The van der Waals surface area contributed by atoms with Crippen LogP contribution in [-0.2, 0) is 19.4 Å². The van der Waals surface area contributed by atoms with Gasteiger partial charge >= 0.3 is 6.09 Å². The van der Waals surface area contributed by atoms with Gasteiger partial charge in [-0.05, 0) is 31.2 Å². The second kappa shape index (κ2) is 8.95. The summed E-state index contributed by atoms with van der Waals surface area (Å²) in [4.78, 5) is 25.5. The van der Waals surface area contributed by atoms with Gasteiger partial charge in [0.2, 0.25) is 0 Å². The minimum Gasteiger partial charge on any atom is -0.444 e. The number of amides is 2. The fourth-order valence-electron chi connectivity index (χ4n) is 2.81. The zero-order valence-electron chi connectivity index (χ0n) is 16.0. The van der Waals surface area contributed by atoms with Crippen molar-refractivity contribution in [1.29, 1.82) is 5.26 Å². The van der Waals surface area contributed by atoms with Crippen LogP contribution in [0.3, 0.4) is 0 Å². The molecule has 0 saturated carbocycles. The van der Waals surface area contributed by atoms with E-state index in [0.29, 0.717) is 18.5 Å². The molecule has 2 unspecified atom stereocenters. The maximum atomic E-state index is 12.2. The Kier molecular flexibility index (Phi) is 6.85. The molecule has 9 nitrogen and oxygen atoms in total. The SMILES string of the molecule is CC(CC1CN(c2ccc(C#CCCC#N)cc2)C(=O)O1)(C(=O)NO)S(C)(=O)=O. The molecule has 2 rings (SSSR count). The van der Waals surface area contributed by atoms with E-state index in [9.17, 15) is 18.0 Å². The number of carbonyl (C=O) groups excluding carboxylic acids is 2. The molecule has 154 valence electrons. The van der Waals surface area contributed by atoms with Crippen molar-refractivity contribution in [2.45, 2.75) is 37.0 Å². The first-order valence-electron chi connectivity index (χ1n) is 8.70. The number of carbonyl (C=O) groups is 2. The molecule has 0 bridgehead atoms. The van der Waals surface area contributed by atoms with Crippen molar-refractivity contribution in [3.8, 4) is 17.9 Å². The highest BCUT2D eigenvalue weighted by molar-refractivity contribution is 7.92. The number of anilines is 1. The summed E-state index contributed by atoms with van der Waals surface area (Å²) in [5, 5.41) is 17.4. The molecular weight excluding hydrogens is 398 g/mol. The van der Waals surface area contributed by atoms with Gasteiger partial charge in [0.1, 0.15) is 6.10 Å². The summed E-state index contributed by atoms with van der Waals surface area (Å²) in [5.74, 6) is 4.69. The Balaban J connectivity index is 2.13. The van der Waals surface area contributed by atoms with E-state index < -0.39 is 32.7 Å². The highest BCUT2D eigenvalue weighted by atomic mass is 32.2. The molecule has 29 heavy (non-hydrogen) atoms. The Morgan fingerprint density at radius 3 is 2.59 bits per heavy atom. The lowest BCUT2D eigenvalue weighted by Gasteiger charge is -2.26. The minimum atomic E-state index is -3.90. The number of ether oxygens (including phenoxy) is 1. The maximum Gasteiger partial charge on any atom is 0.414 e. The third-order valence-electron chi connectivity index (χ3n) is 4.67. The molecule has 2 N–H and O–H groups in total. The third-order valence-corrected chi connectivity index (χ3v) is 6.65. The molecule has 1 heterocycles. The van der Waals surface area contributed by atoms with Crippen LogP contribution in [-0.4, -0.2) is 49.3 Å². The fourth-order valence-corrected chi connectivity index (χ4v) is 3.68. The average molecular weight is 419 g/mol. The molecule has 0 aliphatic carbocycles. The van der Waals surface area contributed by atoms with Crippen molar-refractivity contribution >= 4 is 27.5 Å². The quantitative estimate of drug-likeness (QED) is 0.307. The van der Waals surface area contributed by atoms with E-state index in [1.807, 2.05) is 6.07 Å². The number of hydrogen-bond donors (Lipinski definition) is 2. The van der Waals surface area contributed by atoms with Crippen molar-refractivity contribution in [2.75, 3.05) is 17.7 Å². The lowest BCUT2D eigenvalue weighted by molar-refractivity contribution is -0.132. The molecule has 1 aromatic carbocycles. The Morgan fingerprint density at radius 2 is 2.03 bits per heavy atom. The number of nitrogens with one attached hydrogen (secondary N) is 1. The van der Waals surface area contributed by atoms with E-state index in [2.05, 4.69) is 11.8 Å². The van der Waals surface area contributed by atoms with Crippen molar-refractivity contribution in [3.63, 3.8) is 0 Å². The zero-order valence-corrected chi connectivity index (χ0v) is 16.8. The molecule has 1 fully saturated rings. The topological polar surface area (TPSA) is 137 Å². The summed E-state index contributed by atoms with van der Waals surface area (Å²) in [5.41, 5.74) is 2.63. The first kappa shape index (κ1) is 22.2.